The van der Waals surface area contributed by atoms with Gasteiger partial charge in [-0.1, -0.05) is 48.5 Å². The molecule has 2 aromatic rings. The van der Waals surface area contributed by atoms with E-state index in [2.05, 4.69) is 10.9 Å². The summed E-state index contributed by atoms with van der Waals surface area (Å²) in [6.45, 7) is 0.546. The average Bonchev–Trinajstić information content (AvgIpc) is 2.41. The van der Waals surface area contributed by atoms with E-state index in [-0.39, 0.29) is 0 Å². The predicted molar refractivity (Wildman–Crippen MR) is 68.9 cm³/mol. The van der Waals surface area contributed by atoms with Crippen molar-refractivity contribution in [2.45, 2.75) is 6.54 Å². The average molecular weight is 242 g/mol. The Hall–Kier alpha value is -2.33. The monoisotopic (exact) mass is 242 g/mol. The van der Waals surface area contributed by atoms with Gasteiger partial charge >= 0.3 is 6.09 Å². The molecular weight excluding hydrogens is 228 g/mol. The fourth-order valence-corrected chi connectivity index (χ4v) is 1.44. The normalized spacial score (nSPS) is 9.78. The van der Waals surface area contributed by atoms with Gasteiger partial charge in [0.25, 0.3) is 0 Å². The van der Waals surface area contributed by atoms with Crippen molar-refractivity contribution in [3.63, 3.8) is 0 Å². The number of ether oxygens (including phenoxy) is 1. The summed E-state index contributed by atoms with van der Waals surface area (Å²) in [4.78, 5) is 11.4. The Kier molecular flexibility index (Phi) is 4.33. The molecule has 2 N–H and O–H groups in total. The van der Waals surface area contributed by atoms with Gasteiger partial charge in [-0.15, -0.1) is 0 Å². The highest BCUT2D eigenvalue weighted by Gasteiger charge is 2.02. The van der Waals surface area contributed by atoms with Gasteiger partial charge in [-0.3, -0.25) is 5.43 Å². The molecule has 0 saturated heterocycles. The molecule has 92 valence electrons. The van der Waals surface area contributed by atoms with Crippen molar-refractivity contribution >= 4 is 6.09 Å². The lowest BCUT2D eigenvalue weighted by atomic mass is 10.2. The van der Waals surface area contributed by atoms with E-state index in [1.54, 1.807) is 24.3 Å². The SMILES string of the molecule is O=C(NNCc1ccccc1)Oc1ccccc1. The number of rotatable bonds is 4. The highest BCUT2D eigenvalue weighted by molar-refractivity contribution is 5.69. The molecule has 4 heteroatoms. The molecule has 0 saturated carbocycles. The van der Waals surface area contributed by atoms with Crippen molar-refractivity contribution in [2.75, 3.05) is 0 Å². The van der Waals surface area contributed by atoms with Crippen LogP contribution >= 0.6 is 0 Å². The molecule has 0 radical (unpaired) electrons. The van der Waals surface area contributed by atoms with Crippen molar-refractivity contribution in [1.29, 1.82) is 0 Å². The smallest absolute Gasteiger partial charge is 0.409 e. The van der Waals surface area contributed by atoms with Crippen LogP contribution in [0.25, 0.3) is 0 Å². The van der Waals surface area contributed by atoms with E-state index in [0.717, 1.165) is 5.56 Å². The number of carbonyl (C=O) groups excluding carboxylic acids is 1. The molecule has 0 unspecified atom stereocenters. The van der Waals surface area contributed by atoms with Crippen LogP contribution in [0, 0.1) is 0 Å². The molecule has 2 rings (SSSR count). The topological polar surface area (TPSA) is 50.4 Å². The van der Waals surface area contributed by atoms with E-state index in [1.807, 2.05) is 36.4 Å². The zero-order valence-corrected chi connectivity index (χ0v) is 9.80. The predicted octanol–water partition coefficient (Wildman–Crippen LogP) is 2.48. The Bertz CT molecular complexity index is 486. The Balaban J connectivity index is 1.73. The van der Waals surface area contributed by atoms with Crippen LogP contribution in [0.3, 0.4) is 0 Å². The molecule has 18 heavy (non-hydrogen) atoms. The molecule has 0 heterocycles. The first-order chi connectivity index (χ1) is 8.84. The third kappa shape index (κ3) is 3.92. The molecule has 0 atom stereocenters. The molecule has 0 aromatic heterocycles. The summed E-state index contributed by atoms with van der Waals surface area (Å²) in [6, 6.07) is 18.7. The Morgan fingerprint density at radius 3 is 2.22 bits per heavy atom. The minimum Gasteiger partial charge on any atom is -0.409 e. The van der Waals surface area contributed by atoms with Crippen LogP contribution in [-0.4, -0.2) is 6.09 Å². The van der Waals surface area contributed by atoms with E-state index in [9.17, 15) is 4.79 Å². The highest BCUT2D eigenvalue weighted by Crippen LogP contribution is 2.07. The summed E-state index contributed by atoms with van der Waals surface area (Å²) in [6.07, 6.45) is -0.530. The van der Waals surface area contributed by atoms with E-state index >= 15 is 0 Å². The standard InChI is InChI=1S/C14H14N2O2/c17-14(18-13-9-5-2-6-10-13)16-15-11-12-7-3-1-4-8-12/h1-10,15H,11H2,(H,16,17). The summed E-state index contributed by atoms with van der Waals surface area (Å²) in [5.74, 6) is 0.511. The number of carbonyl (C=O) groups is 1. The Morgan fingerprint density at radius 2 is 1.56 bits per heavy atom. The molecule has 0 aliphatic carbocycles. The first-order valence-electron chi connectivity index (χ1n) is 5.64. The van der Waals surface area contributed by atoms with Crippen molar-refractivity contribution in [3.05, 3.63) is 66.2 Å². The van der Waals surface area contributed by atoms with Crippen molar-refractivity contribution in [3.8, 4) is 5.75 Å². The van der Waals surface area contributed by atoms with Crippen LogP contribution < -0.4 is 15.6 Å². The molecule has 4 nitrogen and oxygen atoms in total. The van der Waals surface area contributed by atoms with Crippen LogP contribution in [0.15, 0.2) is 60.7 Å². The van der Waals surface area contributed by atoms with Crippen molar-refractivity contribution in [2.24, 2.45) is 0 Å². The Morgan fingerprint density at radius 1 is 0.944 bits per heavy atom. The van der Waals surface area contributed by atoms with Crippen LogP contribution in [0.1, 0.15) is 5.56 Å². The quantitative estimate of drug-likeness (QED) is 0.810. The molecule has 0 fully saturated rings. The van der Waals surface area contributed by atoms with Gasteiger partial charge < -0.3 is 4.74 Å². The zero-order chi connectivity index (χ0) is 12.6. The summed E-state index contributed by atoms with van der Waals surface area (Å²) >= 11 is 0. The molecule has 2 aromatic carbocycles. The molecular formula is C14H14N2O2. The van der Waals surface area contributed by atoms with Gasteiger partial charge in [0.1, 0.15) is 5.75 Å². The van der Waals surface area contributed by atoms with Gasteiger partial charge in [0.05, 0.1) is 0 Å². The third-order valence-electron chi connectivity index (χ3n) is 2.28. The van der Waals surface area contributed by atoms with Crippen LogP contribution in [0.4, 0.5) is 4.79 Å². The third-order valence-corrected chi connectivity index (χ3v) is 2.28. The van der Waals surface area contributed by atoms with Gasteiger partial charge in [0.2, 0.25) is 0 Å². The van der Waals surface area contributed by atoms with Gasteiger partial charge in [-0.2, -0.15) is 0 Å². The van der Waals surface area contributed by atoms with E-state index in [4.69, 9.17) is 4.74 Å². The van der Waals surface area contributed by atoms with Gasteiger partial charge in [-0.25, -0.2) is 10.2 Å². The maximum atomic E-state index is 11.4. The minimum atomic E-state index is -0.530. The van der Waals surface area contributed by atoms with Gasteiger partial charge in [0.15, 0.2) is 0 Å². The number of hydrazine groups is 1. The Labute approximate surface area is 106 Å². The summed E-state index contributed by atoms with van der Waals surface area (Å²) in [5.41, 5.74) is 6.35. The summed E-state index contributed by atoms with van der Waals surface area (Å²) < 4.78 is 5.04. The lowest BCUT2D eigenvalue weighted by Gasteiger charge is -2.07. The molecule has 0 bridgehead atoms. The fraction of sp³-hybridized carbons (Fsp3) is 0.0714. The minimum absolute atomic E-state index is 0.511. The molecule has 0 aliphatic rings. The molecule has 1 amide bonds. The lowest BCUT2D eigenvalue weighted by Crippen LogP contribution is -2.38. The second-order valence-corrected chi connectivity index (χ2v) is 3.67. The number of amides is 1. The number of hydrogen-bond acceptors (Lipinski definition) is 3. The summed E-state index contributed by atoms with van der Waals surface area (Å²) in [7, 11) is 0. The van der Waals surface area contributed by atoms with E-state index < -0.39 is 6.09 Å². The number of nitrogens with one attached hydrogen (secondary N) is 2. The number of benzene rings is 2. The lowest BCUT2D eigenvalue weighted by molar-refractivity contribution is 0.195. The fourth-order valence-electron chi connectivity index (χ4n) is 1.44. The molecule has 0 spiro atoms. The van der Waals surface area contributed by atoms with Crippen molar-refractivity contribution < 1.29 is 9.53 Å². The van der Waals surface area contributed by atoms with Crippen LogP contribution in [0.2, 0.25) is 0 Å². The maximum absolute atomic E-state index is 11.4. The van der Waals surface area contributed by atoms with Crippen LogP contribution in [0.5, 0.6) is 5.75 Å². The molecule has 0 aliphatic heterocycles. The van der Waals surface area contributed by atoms with Crippen molar-refractivity contribution in [1.82, 2.24) is 10.9 Å². The van der Waals surface area contributed by atoms with Gasteiger partial charge in [-0.05, 0) is 17.7 Å². The summed E-state index contributed by atoms with van der Waals surface area (Å²) in [5, 5.41) is 0. The largest absolute Gasteiger partial charge is 0.427 e. The second kappa shape index (κ2) is 6.42. The highest BCUT2D eigenvalue weighted by atomic mass is 16.6. The second-order valence-electron chi connectivity index (χ2n) is 3.67. The number of para-hydroxylation sites is 1. The van der Waals surface area contributed by atoms with E-state index in [0.29, 0.717) is 12.3 Å². The van der Waals surface area contributed by atoms with E-state index in [1.165, 1.54) is 0 Å². The maximum Gasteiger partial charge on any atom is 0.427 e. The van der Waals surface area contributed by atoms with Gasteiger partial charge in [0, 0.05) is 6.54 Å². The zero-order valence-electron chi connectivity index (χ0n) is 9.80. The first-order valence-corrected chi connectivity index (χ1v) is 5.64. The van der Waals surface area contributed by atoms with Crippen LogP contribution in [-0.2, 0) is 6.54 Å². The number of hydrogen-bond donors (Lipinski definition) is 2. The first kappa shape index (κ1) is 12.1.